The van der Waals surface area contributed by atoms with Crippen molar-refractivity contribution in [3.05, 3.63) is 12.2 Å². The van der Waals surface area contributed by atoms with Gasteiger partial charge in [-0.3, -0.25) is 0 Å². The maximum absolute atomic E-state index is 12.4. The van der Waals surface area contributed by atoms with Crippen molar-refractivity contribution in [3.63, 3.8) is 0 Å². The lowest BCUT2D eigenvalue weighted by molar-refractivity contribution is -0.0208. The SMILES string of the molecule is CC(C)(C)[S@@+]([O-])N[C@@H]1C/C=C/C(CO)CS[C@@H]2CCC[C@H]1O2. The standard InChI is InChI=1S/C16H29NO3S2/c1-16(2,3)22(19)17-13-7-4-6-12(10-18)11-21-15-9-5-8-14(13)20-15/h4,6,12-15,17-18H,5,7-11H2,1-3H3/b6-4+/t12?,13-,14-,15-,22-/m1/s1. The molecule has 6 heteroatoms. The third kappa shape index (κ3) is 5.42. The quantitative estimate of drug-likeness (QED) is 0.607. The fourth-order valence-corrected chi connectivity index (χ4v) is 4.75. The molecule has 2 N–H and O–H groups in total. The molecule has 2 aliphatic rings. The topological polar surface area (TPSA) is 64.5 Å². The van der Waals surface area contributed by atoms with E-state index in [1.165, 1.54) is 0 Å². The maximum Gasteiger partial charge on any atom is 0.136 e. The van der Waals surface area contributed by atoms with Gasteiger partial charge >= 0.3 is 0 Å². The molecule has 0 spiro atoms. The summed E-state index contributed by atoms with van der Waals surface area (Å²) in [5.41, 5.74) is 0.201. The zero-order valence-electron chi connectivity index (χ0n) is 13.8. The van der Waals surface area contributed by atoms with Crippen molar-refractivity contribution in [3.8, 4) is 0 Å². The van der Waals surface area contributed by atoms with Crippen LogP contribution in [0, 0.1) is 5.92 Å². The molecule has 0 aromatic heterocycles. The molecule has 0 radical (unpaired) electrons. The van der Waals surface area contributed by atoms with Gasteiger partial charge in [0.15, 0.2) is 0 Å². The monoisotopic (exact) mass is 347 g/mol. The van der Waals surface area contributed by atoms with Crippen LogP contribution >= 0.6 is 11.8 Å². The Bertz CT molecular complexity index is 373. The fourth-order valence-electron chi connectivity index (χ4n) is 2.64. The Hall–Kier alpha value is 0.280. The van der Waals surface area contributed by atoms with Crippen molar-refractivity contribution in [1.82, 2.24) is 4.72 Å². The van der Waals surface area contributed by atoms with Gasteiger partial charge in [-0.1, -0.05) is 12.2 Å². The molecule has 128 valence electrons. The minimum atomic E-state index is -1.10. The van der Waals surface area contributed by atoms with Crippen LogP contribution in [0.4, 0.5) is 0 Å². The Labute approximate surface area is 141 Å². The Balaban J connectivity index is 2.08. The van der Waals surface area contributed by atoms with E-state index in [1.54, 1.807) is 11.8 Å². The van der Waals surface area contributed by atoms with Crippen LogP contribution in [-0.4, -0.2) is 44.3 Å². The number of rotatable bonds is 3. The van der Waals surface area contributed by atoms with Gasteiger partial charge in [-0.05, 0) is 46.5 Å². The molecular weight excluding hydrogens is 318 g/mol. The first-order valence-electron chi connectivity index (χ1n) is 8.13. The molecule has 2 heterocycles. The predicted octanol–water partition coefficient (Wildman–Crippen LogP) is 2.60. The molecule has 1 fully saturated rings. The summed E-state index contributed by atoms with van der Waals surface area (Å²) in [6.07, 6.45) is 8.36. The first-order chi connectivity index (χ1) is 10.4. The van der Waals surface area contributed by atoms with Gasteiger partial charge in [0.05, 0.1) is 18.8 Å². The first-order valence-corrected chi connectivity index (χ1v) is 10.3. The summed E-state index contributed by atoms with van der Waals surface area (Å²) in [5, 5.41) is 9.44. The molecule has 2 aliphatic heterocycles. The van der Waals surface area contributed by atoms with Crippen molar-refractivity contribution in [2.24, 2.45) is 5.92 Å². The predicted molar refractivity (Wildman–Crippen MR) is 94.1 cm³/mol. The second kappa shape index (κ2) is 8.40. The maximum atomic E-state index is 12.4. The fraction of sp³-hybridized carbons (Fsp3) is 0.875. The molecule has 0 saturated carbocycles. The van der Waals surface area contributed by atoms with Crippen molar-refractivity contribution in [2.75, 3.05) is 12.4 Å². The first kappa shape index (κ1) is 18.6. The molecule has 0 aliphatic carbocycles. The van der Waals surface area contributed by atoms with Gasteiger partial charge in [0.1, 0.15) is 10.2 Å². The Kier molecular flexibility index (Phi) is 7.11. The van der Waals surface area contributed by atoms with Gasteiger partial charge < -0.3 is 14.4 Å². The molecule has 1 unspecified atom stereocenters. The highest BCUT2D eigenvalue weighted by Crippen LogP contribution is 2.32. The minimum absolute atomic E-state index is 0.0668. The number of hydrogen-bond donors (Lipinski definition) is 2. The van der Waals surface area contributed by atoms with Gasteiger partial charge in [-0.2, -0.15) is 0 Å². The third-order valence-electron chi connectivity index (χ3n) is 4.05. The van der Waals surface area contributed by atoms with Gasteiger partial charge in [0.2, 0.25) is 0 Å². The normalized spacial score (nSPS) is 36.6. The number of aliphatic hydroxyl groups is 1. The van der Waals surface area contributed by atoms with Crippen LogP contribution < -0.4 is 4.72 Å². The number of fused-ring (bicyclic) bond motifs is 2. The molecule has 4 nitrogen and oxygen atoms in total. The summed E-state index contributed by atoms with van der Waals surface area (Å²) >= 11 is 0.699. The summed E-state index contributed by atoms with van der Waals surface area (Å²) in [6.45, 7) is 6.11. The van der Waals surface area contributed by atoms with Crippen LogP contribution in [-0.2, 0) is 16.1 Å². The minimum Gasteiger partial charge on any atom is -0.598 e. The third-order valence-corrected chi connectivity index (χ3v) is 7.02. The Morgan fingerprint density at radius 3 is 2.86 bits per heavy atom. The number of aliphatic hydroxyl groups excluding tert-OH is 1. The van der Waals surface area contributed by atoms with E-state index < -0.39 is 11.4 Å². The summed E-state index contributed by atoms with van der Waals surface area (Å²) < 4.78 is 21.7. The lowest BCUT2D eigenvalue weighted by atomic mass is 9.99. The molecule has 1 saturated heterocycles. The summed E-state index contributed by atoms with van der Waals surface area (Å²) in [7, 11) is 0. The highest BCUT2D eigenvalue weighted by molar-refractivity contribution is 7.99. The lowest BCUT2D eigenvalue weighted by Gasteiger charge is -2.37. The average molecular weight is 348 g/mol. The van der Waals surface area contributed by atoms with Crippen molar-refractivity contribution < 1.29 is 14.4 Å². The lowest BCUT2D eigenvalue weighted by Crippen LogP contribution is -2.51. The Morgan fingerprint density at radius 1 is 1.41 bits per heavy atom. The number of nitrogens with one attached hydrogen (secondary N) is 1. The second-order valence-electron chi connectivity index (χ2n) is 7.08. The Morgan fingerprint density at radius 2 is 2.18 bits per heavy atom. The summed E-state index contributed by atoms with van der Waals surface area (Å²) in [5.74, 6) is 1.08. The van der Waals surface area contributed by atoms with Crippen LogP contribution in [0.1, 0.15) is 46.5 Å². The van der Waals surface area contributed by atoms with E-state index in [1.807, 2.05) is 20.8 Å². The smallest absolute Gasteiger partial charge is 0.136 e. The highest BCUT2D eigenvalue weighted by atomic mass is 32.2. The largest absolute Gasteiger partial charge is 0.598 e. The number of ether oxygens (including phenoxy) is 1. The second-order valence-corrected chi connectivity index (χ2v) is 10.3. The molecule has 5 atom stereocenters. The molecule has 0 aromatic rings. The van der Waals surface area contributed by atoms with Crippen molar-refractivity contribution in [2.45, 2.75) is 68.8 Å². The van der Waals surface area contributed by atoms with E-state index in [9.17, 15) is 9.66 Å². The zero-order chi connectivity index (χ0) is 16.2. The summed E-state index contributed by atoms with van der Waals surface area (Å²) in [6, 6.07) is 0.0668. The molecule has 0 aromatic carbocycles. The van der Waals surface area contributed by atoms with E-state index in [4.69, 9.17) is 4.74 Å². The van der Waals surface area contributed by atoms with E-state index in [2.05, 4.69) is 16.9 Å². The van der Waals surface area contributed by atoms with Crippen LogP contribution in [0.25, 0.3) is 0 Å². The van der Waals surface area contributed by atoms with Crippen LogP contribution in [0.15, 0.2) is 12.2 Å². The van der Waals surface area contributed by atoms with Gasteiger partial charge in [0, 0.05) is 23.0 Å². The van der Waals surface area contributed by atoms with Gasteiger partial charge in [-0.25, -0.2) is 0 Å². The van der Waals surface area contributed by atoms with Gasteiger partial charge in [-0.15, -0.1) is 16.5 Å². The molecular formula is C16H29NO3S2. The van der Waals surface area contributed by atoms with E-state index in [0.29, 0.717) is 0 Å². The highest BCUT2D eigenvalue weighted by Gasteiger charge is 2.35. The van der Waals surface area contributed by atoms with Crippen LogP contribution in [0.5, 0.6) is 0 Å². The van der Waals surface area contributed by atoms with E-state index >= 15 is 0 Å². The average Bonchev–Trinajstić information content (AvgIpc) is 2.48. The molecule has 22 heavy (non-hydrogen) atoms. The van der Waals surface area contributed by atoms with E-state index in [-0.39, 0.29) is 34.9 Å². The number of hydrogen-bond acceptors (Lipinski definition) is 5. The van der Waals surface area contributed by atoms with Crippen molar-refractivity contribution in [1.29, 1.82) is 0 Å². The molecule has 2 rings (SSSR count). The zero-order valence-corrected chi connectivity index (χ0v) is 15.4. The number of thioether (sulfide) groups is 1. The molecule has 0 amide bonds. The molecule has 2 bridgehead atoms. The van der Waals surface area contributed by atoms with Crippen LogP contribution in [0.2, 0.25) is 0 Å². The summed E-state index contributed by atoms with van der Waals surface area (Å²) in [4.78, 5) is 0. The van der Waals surface area contributed by atoms with Gasteiger partial charge in [0.25, 0.3) is 0 Å². The van der Waals surface area contributed by atoms with Crippen molar-refractivity contribution >= 4 is 23.1 Å². The van der Waals surface area contributed by atoms with Crippen LogP contribution in [0.3, 0.4) is 0 Å². The van der Waals surface area contributed by atoms with E-state index in [0.717, 1.165) is 31.4 Å².